The summed E-state index contributed by atoms with van der Waals surface area (Å²) < 4.78 is 5.87. The standard InChI is InChI=1S/C33H34N2O2/c1-35(2)21-20-33(36,28-12-8-5-9-13-28)31(26-10-6-4-7-11-26)29-23-27-22-25(17-16-24-14-15-24)18-19-30(27)34-32(29)37-3/h4-13,18-19,22-24,31,36H,14-15,20-21H2,1-3H3. The van der Waals surface area contributed by atoms with Crippen molar-refractivity contribution in [3.05, 3.63) is 107 Å². The minimum absolute atomic E-state index is 0.399. The average molecular weight is 491 g/mol. The summed E-state index contributed by atoms with van der Waals surface area (Å²) in [5, 5.41) is 13.7. The average Bonchev–Trinajstić information content (AvgIpc) is 3.76. The molecule has 188 valence electrons. The van der Waals surface area contributed by atoms with E-state index in [-0.39, 0.29) is 0 Å². The summed E-state index contributed by atoms with van der Waals surface area (Å²) in [6, 6.07) is 28.4. The van der Waals surface area contributed by atoms with Crippen LogP contribution in [-0.4, -0.2) is 42.7 Å². The number of rotatable bonds is 8. The zero-order valence-corrected chi connectivity index (χ0v) is 21.8. The lowest BCUT2D eigenvalue weighted by Gasteiger charge is -2.39. The van der Waals surface area contributed by atoms with E-state index in [1.165, 1.54) is 12.8 Å². The van der Waals surface area contributed by atoms with E-state index in [4.69, 9.17) is 9.72 Å². The van der Waals surface area contributed by atoms with Crippen LogP contribution in [0.5, 0.6) is 5.88 Å². The predicted molar refractivity (Wildman–Crippen MR) is 150 cm³/mol. The van der Waals surface area contributed by atoms with E-state index in [0.717, 1.165) is 39.7 Å². The predicted octanol–water partition coefficient (Wildman–Crippen LogP) is 5.98. The summed E-state index contributed by atoms with van der Waals surface area (Å²) in [4.78, 5) is 7.01. The Labute approximate surface area is 219 Å². The molecule has 4 aromatic rings. The highest BCUT2D eigenvalue weighted by molar-refractivity contribution is 5.82. The molecule has 4 nitrogen and oxygen atoms in total. The molecule has 5 rings (SSSR count). The Morgan fingerprint density at radius 1 is 1.00 bits per heavy atom. The molecule has 1 saturated carbocycles. The zero-order valence-electron chi connectivity index (χ0n) is 21.8. The van der Waals surface area contributed by atoms with E-state index >= 15 is 0 Å². The van der Waals surface area contributed by atoms with Crippen molar-refractivity contribution in [1.82, 2.24) is 9.88 Å². The lowest BCUT2D eigenvalue weighted by atomic mass is 9.71. The number of benzene rings is 3. The third-order valence-electron chi connectivity index (χ3n) is 7.13. The Morgan fingerprint density at radius 3 is 2.35 bits per heavy atom. The largest absolute Gasteiger partial charge is 0.481 e. The highest BCUT2D eigenvalue weighted by Crippen LogP contribution is 2.47. The molecule has 1 fully saturated rings. The first kappa shape index (κ1) is 25.0. The van der Waals surface area contributed by atoms with Crippen molar-refractivity contribution in [1.29, 1.82) is 0 Å². The summed E-state index contributed by atoms with van der Waals surface area (Å²) in [6.07, 6.45) is 2.94. The Morgan fingerprint density at radius 2 is 1.70 bits per heavy atom. The molecule has 1 aliphatic rings. The molecule has 1 N–H and O–H groups in total. The molecule has 0 bridgehead atoms. The number of fused-ring (bicyclic) bond motifs is 1. The Hall–Kier alpha value is -3.65. The molecule has 37 heavy (non-hydrogen) atoms. The van der Waals surface area contributed by atoms with Gasteiger partial charge in [0, 0.05) is 34.9 Å². The lowest BCUT2D eigenvalue weighted by molar-refractivity contribution is 0.00380. The monoisotopic (exact) mass is 490 g/mol. The van der Waals surface area contributed by atoms with Crippen molar-refractivity contribution in [3.8, 4) is 17.7 Å². The van der Waals surface area contributed by atoms with E-state index in [1.54, 1.807) is 7.11 Å². The molecule has 0 radical (unpaired) electrons. The van der Waals surface area contributed by atoms with Gasteiger partial charge in [0.05, 0.1) is 12.6 Å². The third kappa shape index (κ3) is 5.54. The van der Waals surface area contributed by atoms with Gasteiger partial charge in [0.15, 0.2) is 0 Å². The number of hydrogen-bond acceptors (Lipinski definition) is 4. The van der Waals surface area contributed by atoms with Gasteiger partial charge in [0.25, 0.3) is 0 Å². The number of aromatic nitrogens is 1. The number of pyridine rings is 1. The van der Waals surface area contributed by atoms with E-state index in [2.05, 4.69) is 41.0 Å². The SMILES string of the molecule is COc1nc2ccc(C#CC3CC3)cc2cc1C(c1ccccc1)C(O)(CCN(C)C)c1ccccc1. The summed E-state index contributed by atoms with van der Waals surface area (Å²) >= 11 is 0. The molecule has 4 heteroatoms. The van der Waals surface area contributed by atoms with Gasteiger partial charge < -0.3 is 14.7 Å². The van der Waals surface area contributed by atoms with Gasteiger partial charge in [-0.25, -0.2) is 4.98 Å². The highest BCUT2D eigenvalue weighted by atomic mass is 16.5. The van der Waals surface area contributed by atoms with Crippen LogP contribution in [-0.2, 0) is 5.60 Å². The summed E-state index contributed by atoms with van der Waals surface area (Å²) in [5.74, 6) is 7.36. The van der Waals surface area contributed by atoms with Gasteiger partial charge >= 0.3 is 0 Å². The molecule has 0 aliphatic heterocycles. The van der Waals surface area contributed by atoms with Gasteiger partial charge in [-0.1, -0.05) is 72.5 Å². The van der Waals surface area contributed by atoms with Crippen LogP contribution in [0, 0.1) is 17.8 Å². The Balaban J connectivity index is 1.72. The second kappa shape index (κ2) is 10.8. The van der Waals surface area contributed by atoms with Crippen LogP contribution >= 0.6 is 0 Å². The molecule has 0 saturated heterocycles. The van der Waals surface area contributed by atoms with Crippen molar-refractivity contribution >= 4 is 10.9 Å². The molecule has 1 aliphatic carbocycles. The number of aliphatic hydroxyl groups is 1. The fraction of sp³-hybridized carbons (Fsp3) is 0.303. The highest BCUT2D eigenvalue weighted by Gasteiger charge is 2.42. The lowest BCUT2D eigenvalue weighted by Crippen LogP contribution is -2.37. The molecular formula is C33H34N2O2. The maximum atomic E-state index is 12.7. The van der Waals surface area contributed by atoms with Gasteiger partial charge in [-0.3, -0.25) is 0 Å². The molecule has 3 aromatic carbocycles. The first-order valence-electron chi connectivity index (χ1n) is 13.0. The second-order valence-electron chi connectivity index (χ2n) is 10.2. The van der Waals surface area contributed by atoms with Crippen molar-refractivity contribution in [2.75, 3.05) is 27.7 Å². The van der Waals surface area contributed by atoms with Gasteiger partial charge in [0.1, 0.15) is 5.60 Å². The molecular weight excluding hydrogens is 456 g/mol. The number of hydrogen-bond donors (Lipinski definition) is 1. The molecule has 0 spiro atoms. The van der Waals surface area contributed by atoms with Gasteiger partial charge in [-0.2, -0.15) is 0 Å². The summed E-state index contributed by atoms with van der Waals surface area (Å²) in [6.45, 7) is 0.721. The smallest absolute Gasteiger partial charge is 0.217 e. The van der Waals surface area contributed by atoms with E-state index in [0.29, 0.717) is 18.2 Å². The quantitative estimate of drug-likeness (QED) is 0.309. The van der Waals surface area contributed by atoms with Crippen LogP contribution in [0.1, 0.15) is 47.4 Å². The van der Waals surface area contributed by atoms with E-state index in [1.807, 2.05) is 74.8 Å². The topological polar surface area (TPSA) is 45.6 Å². The van der Waals surface area contributed by atoms with Crippen LogP contribution in [0.15, 0.2) is 84.9 Å². The summed E-state index contributed by atoms with van der Waals surface area (Å²) in [7, 11) is 5.72. The van der Waals surface area contributed by atoms with Crippen LogP contribution in [0.2, 0.25) is 0 Å². The first-order valence-corrected chi connectivity index (χ1v) is 13.0. The molecule has 2 atom stereocenters. The maximum Gasteiger partial charge on any atom is 0.217 e. The fourth-order valence-electron chi connectivity index (χ4n) is 4.97. The van der Waals surface area contributed by atoms with Crippen LogP contribution in [0.25, 0.3) is 10.9 Å². The minimum atomic E-state index is -1.20. The Kier molecular flexibility index (Phi) is 7.28. The molecule has 2 unspecified atom stereocenters. The third-order valence-corrected chi connectivity index (χ3v) is 7.13. The normalized spacial score (nSPS) is 15.6. The van der Waals surface area contributed by atoms with Crippen LogP contribution in [0.3, 0.4) is 0 Å². The number of methoxy groups -OCH3 is 1. The number of nitrogens with zero attached hydrogens (tertiary/aromatic N) is 2. The van der Waals surface area contributed by atoms with Crippen molar-refractivity contribution in [2.45, 2.75) is 30.8 Å². The molecule has 1 aromatic heterocycles. The van der Waals surface area contributed by atoms with Crippen molar-refractivity contribution in [2.24, 2.45) is 5.92 Å². The Bertz CT molecular complexity index is 1420. The maximum absolute atomic E-state index is 12.7. The zero-order chi connectivity index (χ0) is 25.8. The first-order chi connectivity index (χ1) is 18.0. The van der Waals surface area contributed by atoms with Crippen LogP contribution in [0.4, 0.5) is 0 Å². The van der Waals surface area contributed by atoms with Gasteiger partial charge in [-0.15, -0.1) is 0 Å². The minimum Gasteiger partial charge on any atom is -0.481 e. The number of ether oxygens (including phenoxy) is 1. The molecule has 0 amide bonds. The van der Waals surface area contributed by atoms with Gasteiger partial charge in [-0.05, 0) is 68.8 Å². The van der Waals surface area contributed by atoms with Crippen molar-refractivity contribution in [3.63, 3.8) is 0 Å². The van der Waals surface area contributed by atoms with Gasteiger partial charge in [0.2, 0.25) is 5.88 Å². The van der Waals surface area contributed by atoms with Crippen molar-refractivity contribution < 1.29 is 9.84 Å². The van der Waals surface area contributed by atoms with E-state index < -0.39 is 11.5 Å². The van der Waals surface area contributed by atoms with E-state index in [9.17, 15) is 5.11 Å². The second-order valence-corrected chi connectivity index (χ2v) is 10.2. The fourth-order valence-corrected chi connectivity index (χ4v) is 4.97. The summed E-state index contributed by atoms with van der Waals surface area (Å²) in [5.41, 5.74) is 3.38. The molecule has 1 heterocycles. The van der Waals surface area contributed by atoms with Crippen LogP contribution < -0.4 is 4.74 Å².